The Kier molecular flexibility index (Phi) is 2.90. The van der Waals surface area contributed by atoms with Crippen LogP contribution < -0.4 is 0 Å². The van der Waals surface area contributed by atoms with Gasteiger partial charge in [0.15, 0.2) is 11.6 Å². The third-order valence-corrected chi connectivity index (χ3v) is 1.76. The lowest BCUT2D eigenvalue weighted by Gasteiger charge is -2.05. The van der Waals surface area contributed by atoms with Crippen molar-refractivity contribution in [3.05, 3.63) is 34.9 Å². The minimum Gasteiger partial charge on any atom is -0.205 e. The molecule has 0 spiro atoms. The molecule has 0 amide bonds. The van der Waals surface area contributed by atoms with Gasteiger partial charge in [-0.05, 0) is 24.1 Å². The van der Waals surface area contributed by atoms with Crippen LogP contribution in [0.3, 0.4) is 0 Å². The second kappa shape index (κ2) is 3.77. The summed E-state index contributed by atoms with van der Waals surface area (Å²) >= 11 is 0. The van der Waals surface area contributed by atoms with Crippen molar-refractivity contribution in [3.63, 3.8) is 0 Å². The summed E-state index contributed by atoms with van der Waals surface area (Å²) in [4.78, 5) is 0. The molecule has 0 saturated heterocycles. The number of halogens is 4. The van der Waals surface area contributed by atoms with Crippen LogP contribution in [-0.2, 0) is 6.42 Å². The van der Waals surface area contributed by atoms with E-state index in [1.54, 1.807) is 6.92 Å². The van der Waals surface area contributed by atoms with Gasteiger partial charge < -0.3 is 0 Å². The Hall–Kier alpha value is -1.06. The first-order chi connectivity index (χ1) is 6.06. The van der Waals surface area contributed by atoms with Gasteiger partial charge in [0.05, 0.1) is 5.56 Å². The Balaban J connectivity index is 3.25. The van der Waals surface area contributed by atoms with Gasteiger partial charge in [-0.1, -0.05) is 6.92 Å². The van der Waals surface area contributed by atoms with E-state index in [-0.39, 0.29) is 0 Å². The van der Waals surface area contributed by atoms with Crippen molar-refractivity contribution in [1.82, 2.24) is 0 Å². The van der Waals surface area contributed by atoms with E-state index in [4.69, 9.17) is 0 Å². The van der Waals surface area contributed by atoms with E-state index in [0.717, 1.165) is 12.1 Å². The molecule has 0 unspecified atom stereocenters. The molecule has 0 saturated carbocycles. The molecule has 0 radical (unpaired) electrons. The molecule has 1 rings (SSSR count). The molecule has 0 atom stereocenters. The molecular weight excluding hydrogens is 184 g/mol. The maximum atomic E-state index is 12.7. The summed E-state index contributed by atoms with van der Waals surface area (Å²) < 4.78 is 49.6. The van der Waals surface area contributed by atoms with E-state index in [2.05, 4.69) is 0 Å². The van der Waals surface area contributed by atoms with Crippen LogP contribution in [0.2, 0.25) is 0 Å². The molecule has 0 heterocycles. The van der Waals surface area contributed by atoms with Crippen LogP contribution in [0.5, 0.6) is 0 Å². The average Bonchev–Trinajstić information content (AvgIpc) is 2.09. The first kappa shape index (κ1) is 10.0. The van der Waals surface area contributed by atoms with Gasteiger partial charge in [-0.15, -0.1) is 0 Å². The van der Waals surface area contributed by atoms with Crippen LogP contribution in [0.1, 0.15) is 24.5 Å². The molecule has 72 valence electrons. The highest BCUT2D eigenvalue weighted by Crippen LogP contribution is 2.25. The fraction of sp³-hybridized carbons (Fsp3) is 0.333. The van der Waals surface area contributed by atoms with Gasteiger partial charge in [0.1, 0.15) is 0 Å². The standard InChI is InChI=1S/C9H8F4/c1-2-5-3-6(9(12)13)8(11)7(10)4-5/h3-4,9H,2H2,1H3. The highest BCUT2D eigenvalue weighted by Gasteiger charge is 2.17. The molecule has 0 fully saturated rings. The smallest absolute Gasteiger partial charge is 0.205 e. The predicted molar refractivity (Wildman–Crippen MR) is 40.7 cm³/mol. The minimum atomic E-state index is -2.97. The van der Waals surface area contributed by atoms with Crippen LogP contribution >= 0.6 is 0 Å². The Labute approximate surface area is 73.2 Å². The zero-order chi connectivity index (χ0) is 10.0. The van der Waals surface area contributed by atoms with E-state index in [1.165, 1.54) is 0 Å². The summed E-state index contributed by atoms with van der Waals surface area (Å²) in [5.41, 5.74) is -0.494. The van der Waals surface area contributed by atoms with Crippen molar-refractivity contribution in [1.29, 1.82) is 0 Å². The highest BCUT2D eigenvalue weighted by atomic mass is 19.3. The summed E-state index contributed by atoms with van der Waals surface area (Å²) in [6, 6.07) is 1.92. The van der Waals surface area contributed by atoms with Crippen LogP contribution in [0.25, 0.3) is 0 Å². The Morgan fingerprint density at radius 2 is 1.85 bits per heavy atom. The Morgan fingerprint density at radius 1 is 1.23 bits per heavy atom. The van der Waals surface area contributed by atoms with Crippen molar-refractivity contribution < 1.29 is 17.6 Å². The van der Waals surface area contributed by atoms with Gasteiger partial charge in [-0.3, -0.25) is 0 Å². The van der Waals surface area contributed by atoms with E-state index in [0.29, 0.717) is 12.0 Å². The minimum absolute atomic E-state index is 0.370. The van der Waals surface area contributed by atoms with Gasteiger partial charge in [-0.2, -0.15) is 0 Å². The van der Waals surface area contributed by atoms with E-state index in [1.807, 2.05) is 0 Å². The number of alkyl halides is 2. The SMILES string of the molecule is CCc1cc(F)c(F)c(C(F)F)c1. The van der Waals surface area contributed by atoms with Crippen molar-refractivity contribution >= 4 is 0 Å². The van der Waals surface area contributed by atoms with Crippen molar-refractivity contribution in [3.8, 4) is 0 Å². The zero-order valence-electron chi connectivity index (χ0n) is 6.95. The lowest BCUT2D eigenvalue weighted by atomic mass is 10.1. The lowest BCUT2D eigenvalue weighted by molar-refractivity contribution is 0.145. The second-order valence-corrected chi connectivity index (χ2v) is 2.64. The summed E-state index contributed by atoms with van der Waals surface area (Å²) in [5.74, 6) is -2.66. The van der Waals surface area contributed by atoms with E-state index >= 15 is 0 Å². The quantitative estimate of drug-likeness (QED) is 0.629. The molecule has 13 heavy (non-hydrogen) atoms. The fourth-order valence-corrected chi connectivity index (χ4v) is 1.03. The lowest BCUT2D eigenvalue weighted by Crippen LogP contribution is -1.97. The summed E-state index contributed by atoms with van der Waals surface area (Å²) in [7, 11) is 0. The molecule has 0 aliphatic carbocycles. The topological polar surface area (TPSA) is 0 Å². The fourth-order valence-electron chi connectivity index (χ4n) is 1.03. The summed E-state index contributed by atoms with van der Waals surface area (Å²) in [6.07, 6.45) is -2.57. The van der Waals surface area contributed by atoms with Crippen molar-refractivity contribution in [2.45, 2.75) is 19.8 Å². The molecule has 0 N–H and O–H groups in total. The number of benzene rings is 1. The molecule has 1 aromatic rings. The van der Waals surface area contributed by atoms with Gasteiger partial charge in [0.25, 0.3) is 6.43 Å². The summed E-state index contributed by atoms with van der Waals surface area (Å²) in [5, 5.41) is 0. The zero-order valence-corrected chi connectivity index (χ0v) is 6.95. The normalized spacial score (nSPS) is 10.9. The molecule has 0 bridgehead atoms. The Morgan fingerprint density at radius 3 is 2.31 bits per heavy atom. The van der Waals surface area contributed by atoms with Crippen LogP contribution in [0, 0.1) is 11.6 Å². The second-order valence-electron chi connectivity index (χ2n) is 2.64. The van der Waals surface area contributed by atoms with Crippen LogP contribution in [0.15, 0.2) is 12.1 Å². The van der Waals surface area contributed by atoms with E-state index in [9.17, 15) is 17.6 Å². The molecule has 0 nitrogen and oxygen atoms in total. The molecule has 0 aliphatic heterocycles. The number of rotatable bonds is 2. The highest BCUT2D eigenvalue weighted by molar-refractivity contribution is 5.27. The first-order valence-electron chi connectivity index (χ1n) is 3.82. The Bertz CT molecular complexity index is 307. The van der Waals surface area contributed by atoms with Crippen LogP contribution in [-0.4, -0.2) is 0 Å². The largest absolute Gasteiger partial charge is 0.266 e. The average molecular weight is 192 g/mol. The molecule has 4 heteroatoms. The van der Waals surface area contributed by atoms with Gasteiger partial charge in [0, 0.05) is 0 Å². The van der Waals surface area contributed by atoms with Gasteiger partial charge >= 0.3 is 0 Å². The predicted octanol–water partition coefficient (Wildman–Crippen LogP) is 3.46. The molecule has 0 aliphatic rings. The monoisotopic (exact) mass is 192 g/mol. The summed E-state index contributed by atoms with van der Waals surface area (Å²) in [6.45, 7) is 1.68. The number of aryl methyl sites for hydroxylation is 1. The third-order valence-electron chi connectivity index (χ3n) is 1.76. The maximum Gasteiger partial charge on any atom is 0.266 e. The number of hydrogen-bond acceptors (Lipinski definition) is 0. The van der Waals surface area contributed by atoms with Crippen molar-refractivity contribution in [2.24, 2.45) is 0 Å². The van der Waals surface area contributed by atoms with E-state index < -0.39 is 23.6 Å². The van der Waals surface area contributed by atoms with Gasteiger partial charge in [-0.25, -0.2) is 17.6 Å². The molecule has 0 aromatic heterocycles. The molecular formula is C9H8F4. The maximum absolute atomic E-state index is 12.7. The van der Waals surface area contributed by atoms with Crippen LogP contribution in [0.4, 0.5) is 17.6 Å². The third kappa shape index (κ3) is 1.99. The number of hydrogen-bond donors (Lipinski definition) is 0. The first-order valence-corrected chi connectivity index (χ1v) is 3.82. The van der Waals surface area contributed by atoms with Crippen molar-refractivity contribution in [2.75, 3.05) is 0 Å². The molecule has 1 aromatic carbocycles. The van der Waals surface area contributed by atoms with Gasteiger partial charge in [0.2, 0.25) is 0 Å².